The average Bonchev–Trinajstić information content (AvgIpc) is 2.14. The predicted molar refractivity (Wildman–Crippen MR) is 57.1 cm³/mol. The third-order valence-electron chi connectivity index (χ3n) is 1.74. The molecule has 1 aromatic rings. The van der Waals surface area contributed by atoms with Crippen LogP contribution in [0.3, 0.4) is 0 Å². The fraction of sp³-hybridized carbons (Fsp3) is 0.100. The van der Waals surface area contributed by atoms with E-state index in [1.165, 1.54) is 12.3 Å². The zero-order valence-electron chi connectivity index (χ0n) is 7.55. The number of carbonyl (C=O) groups is 1. The van der Waals surface area contributed by atoms with Crippen LogP contribution < -0.4 is 5.32 Å². The minimum absolute atomic E-state index is 0.289. The summed E-state index contributed by atoms with van der Waals surface area (Å²) < 4.78 is 13.4. The molecule has 0 aliphatic carbocycles. The number of nitrogens with one attached hydrogen (secondary N) is 1. The van der Waals surface area contributed by atoms with E-state index in [1.54, 1.807) is 19.1 Å². The number of hydrogen-bond donors (Lipinski definition) is 1. The van der Waals surface area contributed by atoms with Crippen molar-refractivity contribution in [1.82, 2.24) is 5.32 Å². The van der Waals surface area contributed by atoms with Gasteiger partial charge in [-0.1, -0.05) is 0 Å². The number of benzene rings is 1. The van der Waals surface area contributed by atoms with Gasteiger partial charge in [0.1, 0.15) is 5.82 Å². The standard InChI is InChI=1S/C10H9BrFNO/c1-7-4-10(12)9(11)5-8(7)2-3-13-6-14/h2-6H,1H3,(H,13,14)/b3-2-. The summed E-state index contributed by atoms with van der Waals surface area (Å²) in [5.74, 6) is -0.289. The molecule has 0 spiro atoms. The number of rotatable bonds is 3. The Morgan fingerprint density at radius 1 is 1.50 bits per heavy atom. The first-order valence-corrected chi connectivity index (χ1v) is 4.76. The Balaban J connectivity index is 2.97. The highest BCUT2D eigenvalue weighted by molar-refractivity contribution is 9.10. The highest BCUT2D eigenvalue weighted by Crippen LogP contribution is 2.21. The Kier molecular flexibility index (Phi) is 3.83. The monoisotopic (exact) mass is 257 g/mol. The first-order valence-electron chi connectivity index (χ1n) is 3.97. The van der Waals surface area contributed by atoms with Crippen LogP contribution in [0.5, 0.6) is 0 Å². The Morgan fingerprint density at radius 3 is 2.86 bits per heavy atom. The van der Waals surface area contributed by atoms with Crippen molar-refractivity contribution in [1.29, 1.82) is 0 Å². The largest absolute Gasteiger partial charge is 0.335 e. The summed E-state index contributed by atoms with van der Waals surface area (Å²) >= 11 is 3.09. The van der Waals surface area contributed by atoms with E-state index in [-0.39, 0.29) is 5.82 Å². The van der Waals surface area contributed by atoms with Gasteiger partial charge in [-0.15, -0.1) is 0 Å². The maximum atomic E-state index is 13.0. The fourth-order valence-corrected chi connectivity index (χ4v) is 1.38. The molecule has 1 amide bonds. The molecule has 0 aliphatic heterocycles. The first kappa shape index (κ1) is 10.9. The third kappa shape index (κ3) is 2.67. The molecule has 0 saturated carbocycles. The zero-order valence-corrected chi connectivity index (χ0v) is 9.14. The molecule has 0 bridgehead atoms. The van der Waals surface area contributed by atoms with Gasteiger partial charge in [0.05, 0.1) is 4.47 Å². The highest BCUT2D eigenvalue weighted by atomic mass is 79.9. The molecule has 14 heavy (non-hydrogen) atoms. The SMILES string of the molecule is Cc1cc(F)c(Br)cc1/C=C\NC=O. The van der Waals surface area contributed by atoms with Crippen molar-refractivity contribution in [3.8, 4) is 0 Å². The Labute approximate surface area is 89.9 Å². The normalized spacial score (nSPS) is 10.5. The van der Waals surface area contributed by atoms with Gasteiger partial charge in [-0.25, -0.2) is 4.39 Å². The fourth-order valence-electron chi connectivity index (χ4n) is 1.02. The van der Waals surface area contributed by atoms with E-state index < -0.39 is 0 Å². The van der Waals surface area contributed by atoms with Crippen molar-refractivity contribution in [3.05, 3.63) is 39.7 Å². The van der Waals surface area contributed by atoms with Gasteiger partial charge in [0.25, 0.3) is 0 Å². The molecule has 0 unspecified atom stereocenters. The van der Waals surface area contributed by atoms with Crippen LogP contribution in [-0.2, 0) is 4.79 Å². The third-order valence-corrected chi connectivity index (χ3v) is 2.34. The van der Waals surface area contributed by atoms with Gasteiger partial charge in [0, 0.05) is 6.20 Å². The molecule has 0 heterocycles. The second-order valence-electron chi connectivity index (χ2n) is 2.74. The lowest BCUT2D eigenvalue weighted by atomic mass is 10.1. The van der Waals surface area contributed by atoms with Crippen molar-refractivity contribution in [3.63, 3.8) is 0 Å². The molecule has 4 heteroatoms. The Morgan fingerprint density at radius 2 is 2.21 bits per heavy atom. The quantitative estimate of drug-likeness (QED) is 0.829. The summed E-state index contributed by atoms with van der Waals surface area (Å²) in [4.78, 5) is 9.97. The van der Waals surface area contributed by atoms with Crippen LogP contribution in [0.2, 0.25) is 0 Å². The summed E-state index contributed by atoms with van der Waals surface area (Å²) in [6, 6.07) is 3.10. The van der Waals surface area contributed by atoms with Crippen molar-refractivity contribution in [2.45, 2.75) is 6.92 Å². The Hall–Kier alpha value is -1.16. The molecule has 0 radical (unpaired) electrons. The van der Waals surface area contributed by atoms with E-state index in [1.807, 2.05) is 0 Å². The van der Waals surface area contributed by atoms with Crippen molar-refractivity contribution in [2.24, 2.45) is 0 Å². The molecule has 0 saturated heterocycles. The molecular formula is C10H9BrFNO. The van der Waals surface area contributed by atoms with E-state index in [0.29, 0.717) is 10.9 Å². The molecule has 0 aliphatic rings. The number of hydrogen-bond acceptors (Lipinski definition) is 1. The smallest absolute Gasteiger partial charge is 0.211 e. The van der Waals surface area contributed by atoms with Gasteiger partial charge in [-0.3, -0.25) is 4.79 Å². The molecule has 2 nitrogen and oxygen atoms in total. The lowest BCUT2D eigenvalue weighted by molar-refractivity contribution is -0.108. The average molecular weight is 258 g/mol. The lowest BCUT2D eigenvalue weighted by Gasteiger charge is -2.02. The maximum absolute atomic E-state index is 13.0. The number of amides is 1. The van der Waals surface area contributed by atoms with Crippen LogP contribution in [0, 0.1) is 12.7 Å². The summed E-state index contributed by atoms with van der Waals surface area (Å²) in [6.07, 6.45) is 3.78. The van der Waals surface area contributed by atoms with Crippen molar-refractivity contribution >= 4 is 28.4 Å². The first-order chi connectivity index (χ1) is 6.65. The minimum Gasteiger partial charge on any atom is -0.335 e. The molecule has 0 fully saturated rings. The van der Waals surface area contributed by atoms with Gasteiger partial charge in [-0.2, -0.15) is 0 Å². The van der Waals surface area contributed by atoms with E-state index >= 15 is 0 Å². The van der Waals surface area contributed by atoms with Crippen LogP contribution in [0.1, 0.15) is 11.1 Å². The topological polar surface area (TPSA) is 29.1 Å². The van der Waals surface area contributed by atoms with Crippen LogP contribution in [0.15, 0.2) is 22.8 Å². The van der Waals surface area contributed by atoms with E-state index in [9.17, 15) is 9.18 Å². The van der Waals surface area contributed by atoms with Gasteiger partial charge in [-0.05, 0) is 52.2 Å². The predicted octanol–water partition coefficient (Wildman–Crippen LogP) is 2.61. The molecule has 1 N–H and O–H groups in total. The Bertz CT molecular complexity index is 377. The molecule has 1 rings (SSSR count). The van der Waals surface area contributed by atoms with E-state index in [4.69, 9.17) is 0 Å². The minimum atomic E-state index is -0.289. The van der Waals surface area contributed by atoms with Gasteiger partial charge in [0.2, 0.25) is 6.41 Å². The van der Waals surface area contributed by atoms with E-state index in [2.05, 4.69) is 21.2 Å². The van der Waals surface area contributed by atoms with Crippen LogP contribution in [0.25, 0.3) is 6.08 Å². The molecule has 0 atom stereocenters. The van der Waals surface area contributed by atoms with E-state index in [0.717, 1.165) is 11.1 Å². The van der Waals surface area contributed by atoms with Gasteiger partial charge in [0.15, 0.2) is 0 Å². The highest BCUT2D eigenvalue weighted by Gasteiger charge is 2.02. The van der Waals surface area contributed by atoms with Gasteiger partial charge >= 0.3 is 0 Å². The maximum Gasteiger partial charge on any atom is 0.211 e. The number of aryl methyl sites for hydroxylation is 1. The molecule has 74 valence electrons. The van der Waals surface area contributed by atoms with Crippen molar-refractivity contribution in [2.75, 3.05) is 0 Å². The van der Waals surface area contributed by atoms with Gasteiger partial charge < -0.3 is 5.32 Å². The number of carbonyl (C=O) groups excluding carboxylic acids is 1. The molecular weight excluding hydrogens is 249 g/mol. The summed E-state index contributed by atoms with van der Waals surface area (Å²) in [6.45, 7) is 1.80. The van der Waals surface area contributed by atoms with Crippen LogP contribution >= 0.6 is 15.9 Å². The van der Waals surface area contributed by atoms with Crippen LogP contribution in [-0.4, -0.2) is 6.41 Å². The van der Waals surface area contributed by atoms with Crippen molar-refractivity contribution < 1.29 is 9.18 Å². The molecule has 1 aromatic carbocycles. The number of halogens is 2. The second kappa shape index (κ2) is 4.91. The summed E-state index contributed by atoms with van der Waals surface area (Å²) in [5, 5.41) is 2.39. The second-order valence-corrected chi connectivity index (χ2v) is 3.60. The lowest BCUT2D eigenvalue weighted by Crippen LogP contribution is -1.98. The summed E-state index contributed by atoms with van der Waals surface area (Å²) in [5.41, 5.74) is 1.67. The summed E-state index contributed by atoms with van der Waals surface area (Å²) in [7, 11) is 0. The molecule has 0 aromatic heterocycles. The zero-order chi connectivity index (χ0) is 10.6. The van der Waals surface area contributed by atoms with Crippen LogP contribution in [0.4, 0.5) is 4.39 Å².